The van der Waals surface area contributed by atoms with Crippen molar-refractivity contribution in [3.05, 3.63) is 0 Å². The van der Waals surface area contributed by atoms with Crippen LogP contribution in [0.1, 0.15) is 81.1 Å². The molecule has 1 aliphatic heterocycles. The quantitative estimate of drug-likeness (QED) is 0.360. The molecule has 1 heterocycles. The van der Waals surface area contributed by atoms with Crippen LogP contribution < -0.4 is 21.7 Å². The molecule has 37 heavy (non-hydrogen) atoms. The Morgan fingerprint density at radius 3 is 2.05 bits per heavy atom. The van der Waals surface area contributed by atoms with Gasteiger partial charge in [-0.2, -0.15) is 0 Å². The van der Waals surface area contributed by atoms with Crippen LogP contribution in [-0.2, 0) is 19.2 Å². The van der Waals surface area contributed by atoms with E-state index in [-0.39, 0.29) is 29.1 Å². The van der Waals surface area contributed by atoms with E-state index in [2.05, 4.69) is 29.8 Å². The lowest BCUT2D eigenvalue weighted by Gasteiger charge is -2.38. The van der Waals surface area contributed by atoms with Crippen LogP contribution in [0.3, 0.4) is 0 Å². The van der Waals surface area contributed by atoms with Crippen LogP contribution in [0.15, 0.2) is 0 Å². The zero-order valence-electron chi connectivity index (χ0n) is 23.6. The number of nitrogens with one attached hydrogen (secondary N) is 3. The molecular weight excluding hydrogens is 474 g/mol. The van der Waals surface area contributed by atoms with Crippen LogP contribution >= 0.6 is 0 Å². The predicted molar refractivity (Wildman–Crippen MR) is 139 cm³/mol. The maximum atomic E-state index is 13.9. The number of carbonyl (C=O) groups is 5. The zero-order chi connectivity index (χ0) is 28.1. The topological polar surface area (TPSA) is 151 Å². The largest absolute Gasteiger partial charge is 0.363 e. The van der Waals surface area contributed by atoms with Gasteiger partial charge in [-0.25, -0.2) is 4.79 Å². The summed E-state index contributed by atoms with van der Waals surface area (Å²) >= 11 is 0. The molecular formula is C27H45N5O5. The van der Waals surface area contributed by atoms with Gasteiger partial charge in [-0.05, 0) is 55.8 Å². The van der Waals surface area contributed by atoms with E-state index in [0.29, 0.717) is 13.0 Å². The average Bonchev–Trinajstić information content (AvgIpc) is 3.06. The van der Waals surface area contributed by atoms with Crippen LogP contribution in [0.2, 0.25) is 0 Å². The van der Waals surface area contributed by atoms with E-state index in [0.717, 1.165) is 19.3 Å². The Morgan fingerprint density at radius 2 is 1.59 bits per heavy atom. The molecule has 2 aliphatic carbocycles. The minimum absolute atomic E-state index is 0.0755. The van der Waals surface area contributed by atoms with Gasteiger partial charge in [-0.1, -0.05) is 53.9 Å². The van der Waals surface area contributed by atoms with Crippen molar-refractivity contribution < 1.29 is 24.0 Å². The first-order valence-corrected chi connectivity index (χ1v) is 13.4. The number of carbonyl (C=O) groups excluding carboxylic acids is 5. The van der Waals surface area contributed by atoms with Crippen molar-refractivity contribution in [3.8, 4) is 0 Å². The van der Waals surface area contributed by atoms with Gasteiger partial charge in [0.15, 0.2) is 0 Å². The molecule has 208 valence electrons. The first-order chi connectivity index (χ1) is 16.8. The fourth-order valence-corrected chi connectivity index (χ4v) is 5.86. The highest BCUT2D eigenvalue weighted by Crippen LogP contribution is 2.65. The summed E-state index contributed by atoms with van der Waals surface area (Å²) in [5.41, 5.74) is 4.04. The van der Waals surface area contributed by atoms with Gasteiger partial charge in [-0.3, -0.25) is 19.2 Å². The van der Waals surface area contributed by atoms with E-state index in [9.17, 15) is 24.0 Å². The van der Waals surface area contributed by atoms with Crippen molar-refractivity contribution >= 4 is 29.5 Å². The average molecular weight is 520 g/mol. The highest BCUT2D eigenvalue weighted by molar-refractivity contribution is 6.37. The zero-order valence-corrected chi connectivity index (χ0v) is 23.6. The number of Topliss-reactive ketones (excluding diaryl/α,β-unsaturated/α-hetero) is 1. The molecule has 0 bridgehead atoms. The first-order valence-electron chi connectivity index (χ1n) is 13.4. The molecule has 0 aromatic carbocycles. The Balaban J connectivity index is 1.83. The van der Waals surface area contributed by atoms with Crippen molar-refractivity contribution in [2.45, 2.75) is 105 Å². The maximum Gasteiger partial charge on any atom is 0.315 e. The third-order valence-corrected chi connectivity index (χ3v) is 8.31. The van der Waals surface area contributed by atoms with Crippen molar-refractivity contribution in [3.63, 3.8) is 0 Å². The fraction of sp³-hybridized carbons (Fsp3) is 0.815. The van der Waals surface area contributed by atoms with Gasteiger partial charge in [-0.15, -0.1) is 0 Å². The molecule has 3 rings (SSSR count). The van der Waals surface area contributed by atoms with Gasteiger partial charge >= 0.3 is 6.03 Å². The van der Waals surface area contributed by atoms with Crippen LogP contribution in [-0.4, -0.2) is 64.6 Å². The lowest BCUT2D eigenvalue weighted by atomic mass is 9.80. The number of hydrogen-bond acceptors (Lipinski definition) is 5. The summed E-state index contributed by atoms with van der Waals surface area (Å²) in [5, 5.41) is 8.44. The molecule has 0 unspecified atom stereocenters. The summed E-state index contributed by atoms with van der Waals surface area (Å²) in [4.78, 5) is 66.1. The van der Waals surface area contributed by atoms with Gasteiger partial charge in [0, 0.05) is 12.1 Å². The van der Waals surface area contributed by atoms with E-state index in [4.69, 9.17) is 5.73 Å². The number of hydrogen-bond donors (Lipinski definition) is 4. The van der Waals surface area contributed by atoms with Crippen LogP contribution in [0.5, 0.6) is 0 Å². The Bertz CT molecular complexity index is 959. The number of nitrogens with zero attached hydrogens (tertiary/aromatic N) is 1. The highest BCUT2D eigenvalue weighted by Gasteiger charge is 2.70. The van der Waals surface area contributed by atoms with Crippen molar-refractivity contribution in [1.82, 2.24) is 20.9 Å². The molecule has 10 nitrogen and oxygen atoms in total. The summed E-state index contributed by atoms with van der Waals surface area (Å²) in [7, 11) is 0. The number of ketones is 1. The van der Waals surface area contributed by atoms with E-state index < -0.39 is 52.7 Å². The third-order valence-electron chi connectivity index (χ3n) is 8.31. The number of nitrogens with two attached hydrogens (primary N) is 1. The molecule has 0 spiro atoms. The molecule has 5 amide bonds. The lowest BCUT2D eigenvalue weighted by molar-refractivity contribution is -0.145. The number of rotatable bonds is 8. The second-order valence-corrected chi connectivity index (χ2v) is 13.9. The predicted octanol–water partition coefficient (Wildman–Crippen LogP) is 1.71. The summed E-state index contributed by atoms with van der Waals surface area (Å²) in [5.74, 6) is -2.35. The number of fused-ring (bicyclic) bond motifs is 1. The Kier molecular flexibility index (Phi) is 7.74. The van der Waals surface area contributed by atoms with Gasteiger partial charge in [0.2, 0.25) is 17.6 Å². The molecule has 5 atom stereocenters. The molecule has 1 saturated heterocycles. The summed E-state index contributed by atoms with van der Waals surface area (Å²) in [6, 6.07) is -3.13. The van der Waals surface area contributed by atoms with E-state index >= 15 is 0 Å². The maximum absolute atomic E-state index is 13.9. The molecule has 3 fully saturated rings. The minimum Gasteiger partial charge on any atom is -0.363 e. The van der Waals surface area contributed by atoms with Crippen LogP contribution in [0.4, 0.5) is 4.79 Å². The fourth-order valence-electron chi connectivity index (χ4n) is 5.86. The molecule has 0 aromatic heterocycles. The summed E-state index contributed by atoms with van der Waals surface area (Å²) in [6.45, 7) is 15.7. The molecule has 5 N–H and O–H groups in total. The van der Waals surface area contributed by atoms with E-state index in [1.165, 1.54) is 0 Å². The number of likely N-dealkylation sites (tertiary alicyclic amines) is 1. The molecule has 0 aromatic rings. The number of urea groups is 1. The number of amides is 5. The standard InChI is InChI=1S/C27H45N5O5/c1-25(2,3)20(30-24(37)31-26(4,5)6)23(36)32-13-15-17(27(15,7)8)18(32)22(35)29-16(19(33)21(28)34)12-14-10-9-11-14/h14-18,20H,9-13H2,1-8H3,(H2,28,34)(H,29,35)(H2,30,31,37)/t15-,16-,17-,18-,20-/m0/s1. The van der Waals surface area contributed by atoms with Gasteiger partial charge in [0.05, 0.1) is 6.04 Å². The summed E-state index contributed by atoms with van der Waals surface area (Å²) < 4.78 is 0. The van der Waals surface area contributed by atoms with E-state index in [1.807, 2.05) is 41.5 Å². The normalized spacial score (nSPS) is 26.3. The number of primary amides is 1. The Hall–Kier alpha value is -2.65. The van der Waals surface area contributed by atoms with Crippen molar-refractivity contribution in [2.75, 3.05) is 6.54 Å². The highest BCUT2D eigenvalue weighted by atomic mass is 16.2. The SMILES string of the molecule is CC(C)(C)NC(=O)N[C@@H](C(=O)N1C[C@H]2[C@@H]([C@H]1C(=O)N[C@@H](CC1CCC1)C(=O)C(N)=O)C2(C)C)C(C)(C)C. The Morgan fingerprint density at radius 1 is 1.00 bits per heavy atom. The monoisotopic (exact) mass is 519 g/mol. The van der Waals surface area contributed by atoms with Gasteiger partial charge < -0.3 is 26.6 Å². The Labute approximate surface area is 220 Å². The summed E-state index contributed by atoms with van der Waals surface area (Å²) in [6.07, 6.45) is 3.31. The lowest BCUT2D eigenvalue weighted by Crippen LogP contribution is -2.62. The van der Waals surface area contributed by atoms with Crippen LogP contribution in [0, 0.1) is 28.6 Å². The number of piperidine rings is 1. The van der Waals surface area contributed by atoms with Crippen molar-refractivity contribution in [1.29, 1.82) is 0 Å². The molecule has 3 aliphatic rings. The van der Waals surface area contributed by atoms with Gasteiger partial charge in [0.25, 0.3) is 5.91 Å². The minimum atomic E-state index is -1.07. The van der Waals surface area contributed by atoms with Crippen molar-refractivity contribution in [2.24, 2.45) is 34.3 Å². The second kappa shape index (κ2) is 9.91. The molecule has 10 heteroatoms. The first kappa shape index (κ1) is 28.9. The van der Waals surface area contributed by atoms with Gasteiger partial charge in [0.1, 0.15) is 12.1 Å². The second-order valence-electron chi connectivity index (χ2n) is 13.9. The van der Waals surface area contributed by atoms with Crippen LogP contribution in [0.25, 0.3) is 0 Å². The molecule has 0 radical (unpaired) electrons. The molecule has 2 saturated carbocycles. The smallest absolute Gasteiger partial charge is 0.315 e. The third kappa shape index (κ3) is 6.26. The van der Waals surface area contributed by atoms with E-state index in [1.54, 1.807) is 4.90 Å².